The van der Waals surface area contributed by atoms with Gasteiger partial charge in [-0.25, -0.2) is 16.8 Å². The normalized spacial score (nSPS) is 14.2. The lowest BCUT2D eigenvalue weighted by molar-refractivity contribution is -0.0476. The van der Waals surface area contributed by atoms with Gasteiger partial charge in [-0.05, 0) is 27.7 Å². The second-order valence-electron chi connectivity index (χ2n) is 5.60. The van der Waals surface area contributed by atoms with Gasteiger partial charge in [0.1, 0.15) is 7.56 Å². The summed E-state index contributed by atoms with van der Waals surface area (Å²) in [6.45, 7) is 18.6. The van der Waals surface area contributed by atoms with Gasteiger partial charge in [0.25, 0.3) is 0 Å². The molecule has 0 bridgehead atoms. The lowest BCUT2D eigenvalue weighted by Gasteiger charge is -2.36. The molecule has 0 saturated carbocycles. The van der Waals surface area contributed by atoms with Crippen molar-refractivity contribution in [1.82, 2.24) is 13.5 Å². The van der Waals surface area contributed by atoms with Gasteiger partial charge in [-0.1, -0.05) is 4.13 Å². The average Bonchev–Trinajstić information content (AvgIpc) is 2.46. The molecular weight excluding hydrogens is 459 g/mol. The second kappa shape index (κ2) is 10.7. The van der Waals surface area contributed by atoms with Crippen molar-refractivity contribution >= 4 is 27.6 Å². The molecule has 7 nitrogen and oxygen atoms in total. The summed E-state index contributed by atoms with van der Waals surface area (Å²) in [4.78, 5) is 0. The maximum absolute atomic E-state index is 11.5. The molecule has 0 aliphatic heterocycles. The van der Waals surface area contributed by atoms with Gasteiger partial charge in [0.05, 0.1) is 13.3 Å². The monoisotopic (exact) mass is 486 g/mol. The summed E-state index contributed by atoms with van der Waals surface area (Å²) in [5.74, 6) is 0. The van der Waals surface area contributed by atoms with E-state index in [0.717, 1.165) is 0 Å². The van der Waals surface area contributed by atoms with Crippen LogP contribution < -0.4 is 4.13 Å². The summed E-state index contributed by atoms with van der Waals surface area (Å²) in [6, 6.07) is 0. The van der Waals surface area contributed by atoms with Crippen molar-refractivity contribution in [3.8, 4) is 0 Å². The number of hydrogen-bond donors (Lipinski definition) is 1. The predicted octanol–water partition coefficient (Wildman–Crippen LogP) is 3.05. The molecule has 0 rings (SSSR count). The fraction of sp³-hybridized carbons (Fsp3) is 1.00. The molecule has 0 aliphatic carbocycles. The van der Waals surface area contributed by atoms with E-state index in [1.807, 2.05) is 0 Å². The number of halogens is 6. The van der Waals surface area contributed by atoms with Crippen LogP contribution in [0.2, 0.25) is 0 Å². The third-order valence-corrected chi connectivity index (χ3v) is 10.5. The van der Waals surface area contributed by atoms with Crippen LogP contribution in [0, 0.1) is 0 Å². The molecule has 0 aromatic heterocycles. The highest BCUT2D eigenvalue weighted by Gasteiger charge is 2.55. The fourth-order valence-electron chi connectivity index (χ4n) is 2.25. The Labute approximate surface area is 163 Å². The Morgan fingerprint density at radius 1 is 0.679 bits per heavy atom. The SMILES string of the molecule is CCN(CC)[P+](C)(C)N(CC)CC.O=S(=O)(NS(=O)(=O)C(F)(F)F)C(F)(F)F. The largest absolute Gasteiger partial charge is 0.512 e. The Morgan fingerprint density at radius 2 is 0.893 bits per heavy atom. The zero-order chi connectivity index (χ0) is 23.2. The van der Waals surface area contributed by atoms with Gasteiger partial charge in [-0.3, -0.25) is 0 Å². The van der Waals surface area contributed by atoms with E-state index in [-0.39, 0.29) is 0 Å². The van der Waals surface area contributed by atoms with E-state index in [2.05, 4.69) is 50.4 Å². The number of alkyl halides is 6. The standard InChI is InChI=1S/C10H26N2P.C2HF6NO4S2/c1-7-11(8-2)13(5,6)12(9-3)10-4;3-1(4,5)14(10,11)9-15(12,13)2(6,7)8/h7-10H2,1-6H3;9H/q+1;. The minimum atomic E-state index is -6.60. The Morgan fingerprint density at radius 3 is 1.04 bits per heavy atom. The van der Waals surface area contributed by atoms with Crippen molar-refractivity contribution in [2.45, 2.75) is 38.7 Å². The van der Waals surface area contributed by atoms with Crippen LogP contribution in [0.15, 0.2) is 0 Å². The number of hydrogen-bond acceptors (Lipinski definition) is 6. The van der Waals surface area contributed by atoms with Crippen molar-refractivity contribution in [1.29, 1.82) is 0 Å². The zero-order valence-corrected chi connectivity index (χ0v) is 18.9. The minimum Gasteiger partial charge on any atom is -0.202 e. The van der Waals surface area contributed by atoms with Crippen molar-refractivity contribution in [2.75, 3.05) is 39.5 Å². The highest BCUT2D eigenvalue weighted by molar-refractivity contribution is 8.05. The highest BCUT2D eigenvalue weighted by atomic mass is 32.3. The molecule has 0 atom stereocenters. The first-order chi connectivity index (χ1) is 12.2. The van der Waals surface area contributed by atoms with Crippen molar-refractivity contribution in [2.24, 2.45) is 0 Å². The molecular formula is C12H27F6N3O4PS2+. The van der Waals surface area contributed by atoms with E-state index < -0.39 is 42.8 Å². The summed E-state index contributed by atoms with van der Waals surface area (Å²) < 4.78 is 114. The lowest BCUT2D eigenvalue weighted by atomic mass is 10.7. The lowest BCUT2D eigenvalue weighted by Crippen LogP contribution is -2.45. The summed E-state index contributed by atoms with van der Waals surface area (Å²) in [6.07, 6.45) is 0. The van der Waals surface area contributed by atoms with Crippen LogP contribution in [0.5, 0.6) is 0 Å². The van der Waals surface area contributed by atoms with E-state index in [0.29, 0.717) is 0 Å². The molecule has 0 fully saturated rings. The van der Waals surface area contributed by atoms with Crippen molar-refractivity contribution in [3.63, 3.8) is 0 Å². The van der Waals surface area contributed by atoms with Crippen molar-refractivity contribution in [3.05, 3.63) is 0 Å². The highest BCUT2D eigenvalue weighted by Crippen LogP contribution is 2.57. The number of sulfonamides is 2. The Bertz CT molecular complexity index is 616. The Hall–Kier alpha value is -0.210. The number of nitrogens with zero attached hydrogens (tertiary/aromatic N) is 2. The van der Waals surface area contributed by atoms with E-state index in [1.165, 1.54) is 26.2 Å². The van der Waals surface area contributed by atoms with E-state index in [9.17, 15) is 43.2 Å². The van der Waals surface area contributed by atoms with E-state index in [4.69, 9.17) is 0 Å². The molecule has 0 radical (unpaired) electrons. The summed E-state index contributed by atoms with van der Waals surface area (Å²) in [7, 11) is -14.2. The molecule has 0 unspecified atom stereocenters. The first-order valence-electron chi connectivity index (χ1n) is 8.00. The summed E-state index contributed by atoms with van der Waals surface area (Å²) >= 11 is 0. The minimum absolute atomic E-state index is 0.493. The van der Waals surface area contributed by atoms with Crippen LogP contribution >= 0.6 is 7.56 Å². The zero-order valence-electron chi connectivity index (χ0n) is 16.4. The predicted molar refractivity (Wildman–Crippen MR) is 97.7 cm³/mol. The fourth-order valence-corrected chi connectivity index (χ4v) is 7.29. The third-order valence-electron chi connectivity index (χ3n) is 3.67. The van der Waals surface area contributed by atoms with Crippen LogP contribution in [0.3, 0.4) is 0 Å². The molecule has 1 N–H and O–H groups in total. The molecule has 0 aliphatic rings. The van der Waals surface area contributed by atoms with Crippen LogP contribution in [0.1, 0.15) is 27.7 Å². The topological polar surface area (TPSA) is 86.8 Å². The molecule has 16 heteroatoms. The third kappa shape index (κ3) is 8.27. The van der Waals surface area contributed by atoms with Gasteiger partial charge in [0, 0.05) is 26.2 Å². The summed E-state index contributed by atoms with van der Waals surface area (Å²) in [5.41, 5.74) is -12.3. The molecule has 0 heterocycles. The quantitative estimate of drug-likeness (QED) is 0.419. The van der Waals surface area contributed by atoms with E-state index >= 15 is 0 Å². The van der Waals surface area contributed by atoms with E-state index in [1.54, 1.807) is 0 Å². The van der Waals surface area contributed by atoms with Crippen molar-refractivity contribution < 1.29 is 43.2 Å². The first-order valence-corrected chi connectivity index (χ1v) is 13.6. The molecule has 28 heavy (non-hydrogen) atoms. The van der Waals surface area contributed by atoms with Crippen LogP contribution in [0.4, 0.5) is 26.3 Å². The van der Waals surface area contributed by atoms with Gasteiger partial charge in [0.2, 0.25) is 0 Å². The van der Waals surface area contributed by atoms with Crippen LogP contribution in [-0.2, 0) is 20.0 Å². The van der Waals surface area contributed by atoms with Gasteiger partial charge in [0.15, 0.2) is 0 Å². The molecule has 0 saturated heterocycles. The maximum Gasteiger partial charge on any atom is 0.512 e. The van der Waals surface area contributed by atoms with Gasteiger partial charge in [-0.2, -0.15) is 35.7 Å². The van der Waals surface area contributed by atoms with Crippen LogP contribution in [0.25, 0.3) is 0 Å². The average molecular weight is 486 g/mol. The molecule has 0 aromatic rings. The smallest absolute Gasteiger partial charge is 0.202 e. The second-order valence-corrected chi connectivity index (χ2v) is 13.0. The van der Waals surface area contributed by atoms with Gasteiger partial charge in [-0.15, -0.1) is 0 Å². The van der Waals surface area contributed by atoms with Crippen LogP contribution in [-0.4, -0.2) is 76.7 Å². The van der Waals surface area contributed by atoms with Gasteiger partial charge < -0.3 is 0 Å². The first kappa shape index (κ1) is 30.0. The molecule has 172 valence electrons. The Balaban J connectivity index is 0. The molecule has 0 aromatic carbocycles. The summed E-state index contributed by atoms with van der Waals surface area (Å²) in [5, 5.41) is 0. The van der Waals surface area contributed by atoms with Gasteiger partial charge >= 0.3 is 31.1 Å². The molecule has 0 spiro atoms. The molecule has 0 amide bonds. The maximum atomic E-state index is 11.5. The Kier molecular flexibility index (Phi) is 11.5. The number of nitrogens with one attached hydrogen (secondary N) is 1. The number of rotatable bonds is 8.